The molecule has 4 nitrogen and oxygen atoms in total. The van der Waals surface area contributed by atoms with Gasteiger partial charge in [-0.3, -0.25) is 9.59 Å². The number of amides is 2. The van der Waals surface area contributed by atoms with Crippen molar-refractivity contribution in [2.24, 2.45) is 0 Å². The van der Waals surface area contributed by atoms with Gasteiger partial charge >= 0.3 is 0 Å². The van der Waals surface area contributed by atoms with E-state index in [1.165, 1.54) is 5.56 Å². The van der Waals surface area contributed by atoms with E-state index >= 15 is 0 Å². The maximum atomic E-state index is 13.6. The number of benzene rings is 3. The summed E-state index contributed by atoms with van der Waals surface area (Å²) in [6.07, 6.45) is 1.12. The van der Waals surface area contributed by atoms with E-state index in [1.807, 2.05) is 82.6 Å². The Labute approximate surface area is 184 Å². The van der Waals surface area contributed by atoms with Crippen molar-refractivity contribution in [3.8, 4) is 0 Å². The standard InChI is InChI=1S/C27H28N2O2/c1-21(30)29-17-16-24-14-8-9-15-25(24)26(29)18-27(31)28(19-22-10-4-2-5-11-22)20-23-12-6-3-7-13-23/h2-15,26H,16-20H2,1H3. The molecule has 1 aliphatic heterocycles. The van der Waals surface area contributed by atoms with Crippen LogP contribution in [-0.2, 0) is 29.1 Å². The number of hydrogen-bond acceptors (Lipinski definition) is 2. The first kappa shape index (κ1) is 20.9. The second-order valence-electron chi connectivity index (χ2n) is 8.10. The van der Waals surface area contributed by atoms with Crippen LogP contribution in [0.2, 0.25) is 0 Å². The van der Waals surface area contributed by atoms with Crippen molar-refractivity contribution in [1.82, 2.24) is 9.80 Å². The molecule has 0 saturated heterocycles. The monoisotopic (exact) mass is 412 g/mol. The third-order valence-corrected chi connectivity index (χ3v) is 5.97. The van der Waals surface area contributed by atoms with Gasteiger partial charge in [-0.2, -0.15) is 0 Å². The number of fused-ring (bicyclic) bond motifs is 1. The van der Waals surface area contributed by atoms with Crippen LogP contribution >= 0.6 is 0 Å². The van der Waals surface area contributed by atoms with Crippen LogP contribution in [0.4, 0.5) is 0 Å². The van der Waals surface area contributed by atoms with Gasteiger partial charge in [0, 0.05) is 26.6 Å². The molecule has 158 valence electrons. The molecule has 31 heavy (non-hydrogen) atoms. The SMILES string of the molecule is CC(=O)N1CCc2ccccc2C1CC(=O)N(Cc1ccccc1)Cc1ccccc1. The molecule has 0 spiro atoms. The van der Waals surface area contributed by atoms with Crippen LogP contribution in [0.3, 0.4) is 0 Å². The molecule has 0 bridgehead atoms. The lowest BCUT2D eigenvalue weighted by Crippen LogP contribution is -2.42. The van der Waals surface area contributed by atoms with Gasteiger partial charge in [-0.1, -0.05) is 84.9 Å². The Bertz CT molecular complexity index is 992. The van der Waals surface area contributed by atoms with Crippen molar-refractivity contribution in [3.05, 3.63) is 107 Å². The molecule has 1 atom stereocenters. The van der Waals surface area contributed by atoms with E-state index in [2.05, 4.69) is 12.1 Å². The van der Waals surface area contributed by atoms with E-state index < -0.39 is 0 Å². The van der Waals surface area contributed by atoms with E-state index in [9.17, 15) is 9.59 Å². The molecular formula is C27H28N2O2. The quantitative estimate of drug-likeness (QED) is 0.586. The predicted molar refractivity (Wildman–Crippen MR) is 122 cm³/mol. The first-order valence-corrected chi connectivity index (χ1v) is 10.8. The third-order valence-electron chi connectivity index (χ3n) is 5.97. The largest absolute Gasteiger partial charge is 0.335 e. The number of rotatable bonds is 6. The van der Waals surface area contributed by atoms with Gasteiger partial charge in [0.25, 0.3) is 0 Å². The molecule has 3 aromatic rings. The molecule has 1 heterocycles. The molecule has 3 aromatic carbocycles. The molecule has 4 heteroatoms. The molecule has 0 aliphatic carbocycles. The maximum Gasteiger partial charge on any atom is 0.225 e. The maximum absolute atomic E-state index is 13.6. The lowest BCUT2D eigenvalue weighted by molar-refractivity contribution is -0.137. The van der Waals surface area contributed by atoms with Crippen LogP contribution in [0, 0.1) is 0 Å². The lowest BCUT2D eigenvalue weighted by Gasteiger charge is -2.37. The summed E-state index contributed by atoms with van der Waals surface area (Å²) in [7, 11) is 0. The molecular weight excluding hydrogens is 384 g/mol. The highest BCUT2D eigenvalue weighted by Crippen LogP contribution is 2.33. The second kappa shape index (κ2) is 9.61. The fourth-order valence-electron chi connectivity index (χ4n) is 4.38. The highest BCUT2D eigenvalue weighted by atomic mass is 16.2. The molecule has 0 radical (unpaired) electrons. The van der Waals surface area contributed by atoms with E-state index in [4.69, 9.17) is 0 Å². The zero-order valence-corrected chi connectivity index (χ0v) is 17.9. The van der Waals surface area contributed by atoms with Crippen molar-refractivity contribution in [2.45, 2.75) is 38.9 Å². The smallest absolute Gasteiger partial charge is 0.225 e. The third kappa shape index (κ3) is 5.02. The highest BCUT2D eigenvalue weighted by Gasteiger charge is 2.32. The first-order valence-electron chi connectivity index (χ1n) is 10.8. The first-order chi connectivity index (χ1) is 15.1. The van der Waals surface area contributed by atoms with Gasteiger partial charge in [0.1, 0.15) is 0 Å². The normalized spacial score (nSPS) is 15.3. The number of carbonyl (C=O) groups excluding carboxylic acids is 2. The lowest BCUT2D eigenvalue weighted by atomic mass is 9.90. The molecule has 1 unspecified atom stereocenters. The minimum absolute atomic E-state index is 0.0185. The van der Waals surface area contributed by atoms with Gasteiger partial charge in [0.15, 0.2) is 0 Å². The molecule has 0 N–H and O–H groups in total. The topological polar surface area (TPSA) is 40.6 Å². The van der Waals surface area contributed by atoms with Crippen molar-refractivity contribution >= 4 is 11.8 Å². The minimum Gasteiger partial charge on any atom is -0.335 e. The summed E-state index contributed by atoms with van der Waals surface area (Å²) in [4.78, 5) is 29.7. The van der Waals surface area contributed by atoms with Gasteiger partial charge in [-0.15, -0.1) is 0 Å². The van der Waals surface area contributed by atoms with Crippen LogP contribution in [-0.4, -0.2) is 28.2 Å². The predicted octanol–water partition coefficient (Wildman–Crippen LogP) is 4.75. The second-order valence-corrected chi connectivity index (χ2v) is 8.10. The van der Waals surface area contributed by atoms with E-state index in [-0.39, 0.29) is 24.3 Å². The highest BCUT2D eigenvalue weighted by molar-refractivity contribution is 5.80. The Balaban J connectivity index is 1.60. The molecule has 0 saturated carbocycles. The minimum atomic E-state index is -0.219. The summed E-state index contributed by atoms with van der Waals surface area (Å²) >= 11 is 0. The number of hydrogen-bond donors (Lipinski definition) is 0. The van der Waals surface area contributed by atoms with Crippen LogP contribution < -0.4 is 0 Å². The Morgan fingerprint density at radius 3 is 1.97 bits per heavy atom. The average Bonchev–Trinajstić information content (AvgIpc) is 2.80. The van der Waals surface area contributed by atoms with Crippen molar-refractivity contribution in [1.29, 1.82) is 0 Å². The van der Waals surface area contributed by atoms with Gasteiger partial charge in [0.05, 0.1) is 12.5 Å². The zero-order chi connectivity index (χ0) is 21.6. The average molecular weight is 413 g/mol. The fourth-order valence-corrected chi connectivity index (χ4v) is 4.38. The van der Waals surface area contributed by atoms with E-state index in [0.717, 1.165) is 23.1 Å². The summed E-state index contributed by atoms with van der Waals surface area (Å²) in [6, 6.07) is 28.1. The summed E-state index contributed by atoms with van der Waals surface area (Å²) in [5, 5.41) is 0. The van der Waals surface area contributed by atoms with Gasteiger partial charge in [-0.05, 0) is 28.7 Å². The summed E-state index contributed by atoms with van der Waals surface area (Å²) in [5.41, 5.74) is 4.52. The van der Waals surface area contributed by atoms with E-state index in [0.29, 0.717) is 19.6 Å². The summed E-state index contributed by atoms with van der Waals surface area (Å²) in [5.74, 6) is 0.0747. The van der Waals surface area contributed by atoms with Crippen LogP contribution in [0.25, 0.3) is 0 Å². The van der Waals surface area contributed by atoms with Crippen LogP contribution in [0.1, 0.15) is 41.6 Å². The van der Waals surface area contributed by atoms with Crippen LogP contribution in [0.5, 0.6) is 0 Å². The summed E-state index contributed by atoms with van der Waals surface area (Å²) < 4.78 is 0. The zero-order valence-electron chi connectivity index (χ0n) is 17.9. The van der Waals surface area contributed by atoms with Gasteiger partial charge in [-0.25, -0.2) is 0 Å². The molecule has 1 aliphatic rings. The number of carbonyl (C=O) groups is 2. The molecule has 0 fully saturated rings. The Morgan fingerprint density at radius 1 is 0.839 bits per heavy atom. The van der Waals surface area contributed by atoms with Crippen molar-refractivity contribution < 1.29 is 9.59 Å². The summed E-state index contributed by atoms with van der Waals surface area (Å²) in [6.45, 7) is 3.34. The van der Waals surface area contributed by atoms with Gasteiger partial charge in [0.2, 0.25) is 11.8 Å². The molecule has 0 aromatic heterocycles. The van der Waals surface area contributed by atoms with E-state index in [1.54, 1.807) is 6.92 Å². The van der Waals surface area contributed by atoms with Crippen molar-refractivity contribution in [2.75, 3.05) is 6.54 Å². The fraction of sp³-hybridized carbons (Fsp3) is 0.259. The number of nitrogens with zero attached hydrogens (tertiary/aromatic N) is 2. The van der Waals surface area contributed by atoms with Gasteiger partial charge < -0.3 is 9.80 Å². The van der Waals surface area contributed by atoms with Crippen LogP contribution in [0.15, 0.2) is 84.9 Å². The van der Waals surface area contributed by atoms with Crippen molar-refractivity contribution in [3.63, 3.8) is 0 Å². The Kier molecular flexibility index (Phi) is 6.46. The Hall–Kier alpha value is -3.40. The Morgan fingerprint density at radius 2 is 1.39 bits per heavy atom. The molecule has 2 amide bonds. The molecule has 4 rings (SSSR count).